The lowest BCUT2D eigenvalue weighted by Gasteiger charge is -2.38. The summed E-state index contributed by atoms with van der Waals surface area (Å²) >= 11 is 0. The molecule has 0 radical (unpaired) electrons. The molecule has 1 atom stereocenters. The van der Waals surface area contributed by atoms with Crippen molar-refractivity contribution < 1.29 is 18.0 Å². The third kappa shape index (κ3) is 4.06. The molecule has 4 rings (SSSR count). The Labute approximate surface area is 171 Å². The summed E-state index contributed by atoms with van der Waals surface area (Å²) in [6.45, 7) is 1.90. The second kappa shape index (κ2) is 7.77. The van der Waals surface area contributed by atoms with Gasteiger partial charge in [0.1, 0.15) is 0 Å². The number of nitrogens with zero attached hydrogens (tertiary/aromatic N) is 4. The van der Waals surface area contributed by atoms with Gasteiger partial charge in [-0.25, -0.2) is 4.68 Å². The van der Waals surface area contributed by atoms with Gasteiger partial charge in [-0.05, 0) is 43.0 Å². The number of rotatable bonds is 2. The van der Waals surface area contributed by atoms with Crippen molar-refractivity contribution >= 4 is 11.6 Å². The lowest BCUT2D eigenvalue weighted by molar-refractivity contribution is -0.137. The minimum Gasteiger partial charge on any atom is -0.368 e. The highest BCUT2D eigenvalue weighted by Crippen LogP contribution is 2.32. The first-order valence-corrected chi connectivity index (χ1v) is 9.99. The number of halogens is 3. The number of benzene rings is 1. The normalized spacial score (nSPS) is 19.5. The Morgan fingerprint density at radius 1 is 1.13 bits per heavy atom. The minimum absolute atomic E-state index is 0.0463. The van der Waals surface area contributed by atoms with E-state index in [2.05, 4.69) is 5.10 Å². The molecule has 1 unspecified atom stereocenters. The van der Waals surface area contributed by atoms with E-state index in [1.807, 2.05) is 4.90 Å². The van der Waals surface area contributed by atoms with E-state index in [4.69, 9.17) is 0 Å². The molecule has 9 heteroatoms. The molecular formula is C21H23F3N4O2. The van der Waals surface area contributed by atoms with Crippen LogP contribution in [0.15, 0.2) is 35.1 Å². The van der Waals surface area contributed by atoms with E-state index in [0.29, 0.717) is 51.1 Å². The zero-order valence-electron chi connectivity index (χ0n) is 16.7. The predicted molar refractivity (Wildman–Crippen MR) is 105 cm³/mol. The van der Waals surface area contributed by atoms with E-state index in [1.54, 1.807) is 24.1 Å². The zero-order chi connectivity index (χ0) is 21.5. The van der Waals surface area contributed by atoms with Crippen LogP contribution in [-0.2, 0) is 30.9 Å². The fourth-order valence-electron chi connectivity index (χ4n) is 4.22. The Hall–Kier alpha value is -2.84. The largest absolute Gasteiger partial charge is 0.416 e. The summed E-state index contributed by atoms with van der Waals surface area (Å²) in [7, 11) is 1.61. The van der Waals surface area contributed by atoms with Crippen LogP contribution in [0.3, 0.4) is 0 Å². The molecule has 1 aliphatic heterocycles. The van der Waals surface area contributed by atoms with Gasteiger partial charge in [-0.2, -0.15) is 18.3 Å². The van der Waals surface area contributed by atoms with Crippen molar-refractivity contribution in [1.29, 1.82) is 0 Å². The van der Waals surface area contributed by atoms with Gasteiger partial charge < -0.3 is 9.80 Å². The molecule has 0 bridgehead atoms. The van der Waals surface area contributed by atoms with Crippen LogP contribution in [0.1, 0.15) is 23.2 Å². The Morgan fingerprint density at radius 3 is 2.57 bits per heavy atom. The van der Waals surface area contributed by atoms with Crippen molar-refractivity contribution in [2.24, 2.45) is 13.0 Å². The lowest BCUT2D eigenvalue weighted by Crippen LogP contribution is -2.51. The average molecular weight is 420 g/mol. The van der Waals surface area contributed by atoms with Crippen LogP contribution in [0.4, 0.5) is 18.9 Å². The van der Waals surface area contributed by atoms with Crippen LogP contribution in [0.5, 0.6) is 0 Å². The van der Waals surface area contributed by atoms with Crippen molar-refractivity contribution in [3.8, 4) is 0 Å². The van der Waals surface area contributed by atoms with Crippen molar-refractivity contribution in [2.45, 2.75) is 25.4 Å². The topological polar surface area (TPSA) is 58.4 Å². The van der Waals surface area contributed by atoms with Crippen molar-refractivity contribution in [3.05, 3.63) is 57.5 Å². The summed E-state index contributed by atoms with van der Waals surface area (Å²) in [5, 5.41) is 4.28. The quantitative estimate of drug-likeness (QED) is 0.748. The molecular weight excluding hydrogens is 397 g/mol. The number of anilines is 1. The fourth-order valence-corrected chi connectivity index (χ4v) is 4.22. The van der Waals surface area contributed by atoms with Crippen LogP contribution >= 0.6 is 0 Å². The number of hydrogen-bond donors (Lipinski definition) is 0. The van der Waals surface area contributed by atoms with Gasteiger partial charge in [0.05, 0.1) is 11.3 Å². The number of piperazine rings is 1. The van der Waals surface area contributed by atoms with Crippen LogP contribution in [0.2, 0.25) is 0 Å². The number of amides is 1. The van der Waals surface area contributed by atoms with Crippen LogP contribution < -0.4 is 10.5 Å². The zero-order valence-corrected chi connectivity index (χ0v) is 16.7. The predicted octanol–water partition coefficient (Wildman–Crippen LogP) is 2.25. The first kappa shape index (κ1) is 20.4. The number of carbonyl (C=O) groups is 1. The third-order valence-electron chi connectivity index (χ3n) is 5.93. The maximum atomic E-state index is 13.0. The molecule has 1 aromatic carbocycles. The molecule has 160 valence electrons. The van der Waals surface area contributed by atoms with Crippen molar-refractivity contribution in [1.82, 2.24) is 14.7 Å². The number of hydrogen-bond acceptors (Lipinski definition) is 4. The number of alkyl halides is 3. The molecule has 2 aromatic rings. The van der Waals surface area contributed by atoms with E-state index in [9.17, 15) is 22.8 Å². The van der Waals surface area contributed by atoms with Gasteiger partial charge in [-0.15, -0.1) is 0 Å². The molecule has 2 aliphatic rings. The highest BCUT2D eigenvalue weighted by molar-refractivity contribution is 5.80. The Bertz CT molecular complexity index is 1010. The van der Waals surface area contributed by atoms with Gasteiger partial charge >= 0.3 is 6.18 Å². The maximum absolute atomic E-state index is 13.0. The Morgan fingerprint density at radius 2 is 1.87 bits per heavy atom. The highest BCUT2D eigenvalue weighted by Gasteiger charge is 2.33. The summed E-state index contributed by atoms with van der Waals surface area (Å²) in [6, 6.07) is 6.86. The Balaban J connectivity index is 1.39. The highest BCUT2D eigenvalue weighted by atomic mass is 19.4. The van der Waals surface area contributed by atoms with E-state index in [-0.39, 0.29) is 17.4 Å². The van der Waals surface area contributed by atoms with Gasteiger partial charge in [0.2, 0.25) is 5.91 Å². The smallest absolute Gasteiger partial charge is 0.368 e. The summed E-state index contributed by atoms with van der Waals surface area (Å²) in [5.41, 5.74) is 1.38. The van der Waals surface area contributed by atoms with Crippen molar-refractivity contribution in [3.63, 3.8) is 0 Å². The number of aryl methyl sites for hydroxylation is 2. The number of fused-ring (bicyclic) bond motifs is 1. The molecule has 30 heavy (non-hydrogen) atoms. The van der Waals surface area contributed by atoms with Gasteiger partial charge in [-0.3, -0.25) is 9.59 Å². The van der Waals surface area contributed by atoms with Gasteiger partial charge in [0.25, 0.3) is 5.56 Å². The van der Waals surface area contributed by atoms with Crippen LogP contribution in [0, 0.1) is 5.92 Å². The first-order valence-electron chi connectivity index (χ1n) is 9.99. The van der Waals surface area contributed by atoms with Gasteiger partial charge in [0.15, 0.2) is 0 Å². The maximum Gasteiger partial charge on any atom is 0.416 e. The third-order valence-corrected chi connectivity index (χ3v) is 5.93. The Kier molecular flexibility index (Phi) is 5.29. The second-order valence-corrected chi connectivity index (χ2v) is 7.88. The average Bonchev–Trinajstić information content (AvgIpc) is 2.73. The molecule has 0 spiro atoms. The van der Waals surface area contributed by atoms with Crippen molar-refractivity contribution in [2.75, 3.05) is 31.1 Å². The monoisotopic (exact) mass is 420 g/mol. The minimum atomic E-state index is -4.37. The molecule has 1 aromatic heterocycles. The SMILES string of the molecule is Cn1nc2c(cc1=O)CC(C(=O)N1CCN(c3cccc(C(F)(F)F)c3)CC1)CC2. The van der Waals surface area contributed by atoms with E-state index in [1.165, 1.54) is 10.7 Å². The molecule has 1 aliphatic carbocycles. The van der Waals surface area contributed by atoms with E-state index in [0.717, 1.165) is 23.4 Å². The molecule has 1 saturated heterocycles. The molecule has 6 nitrogen and oxygen atoms in total. The lowest BCUT2D eigenvalue weighted by atomic mass is 9.86. The van der Waals surface area contributed by atoms with Gasteiger partial charge in [0, 0.05) is 50.9 Å². The van der Waals surface area contributed by atoms with Crippen LogP contribution in [-0.4, -0.2) is 46.8 Å². The number of aromatic nitrogens is 2. The molecule has 0 N–H and O–H groups in total. The first-order chi connectivity index (χ1) is 14.2. The standard InChI is InChI=1S/C21H23F3N4O2/c1-26-19(29)12-15-11-14(5-6-18(15)25-26)20(30)28-9-7-27(8-10-28)17-4-2-3-16(13-17)21(22,23)24/h2-4,12-14H,5-11H2,1H3. The summed E-state index contributed by atoms with van der Waals surface area (Å²) in [4.78, 5) is 28.5. The fraction of sp³-hybridized carbons (Fsp3) is 0.476. The molecule has 2 heterocycles. The second-order valence-electron chi connectivity index (χ2n) is 7.88. The summed E-state index contributed by atoms with van der Waals surface area (Å²) < 4.78 is 40.2. The molecule has 0 saturated carbocycles. The summed E-state index contributed by atoms with van der Waals surface area (Å²) in [6.07, 6.45) is -2.53. The molecule has 1 fully saturated rings. The van der Waals surface area contributed by atoms with E-state index < -0.39 is 11.7 Å². The van der Waals surface area contributed by atoms with Crippen LogP contribution in [0.25, 0.3) is 0 Å². The molecule has 1 amide bonds. The number of carbonyl (C=O) groups excluding carboxylic acids is 1. The van der Waals surface area contributed by atoms with Gasteiger partial charge in [-0.1, -0.05) is 6.07 Å². The summed E-state index contributed by atoms with van der Waals surface area (Å²) in [5.74, 6) is -0.142. The van der Waals surface area contributed by atoms with E-state index >= 15 is 0 Å².